The second-order valence-electron chi connectivity index (χ2n) is 4.51. The maximum Gasteiger partial charge on any atom is 0.222 e. The molecule has 2 saturated heterocycles. The summed E-state index contributed by atoms with van der Waals surface area (Å²) in [6, 6.07) is -0.195. The summed E-state index contributed by atoms with van der Waals surface area (Å²) in [6.07, 6.45) is 2.86. The van der Waals surface area contributed by atoms with Crippen LogP contribution in [0.1, 0.15) is 25.7 Å². The minimum Gasteiger partial charge on any atom is -0.378 e. The number of rotatable bonds is 3. The molecule has 2 rings (SSSR count). The van der Waals surface area contributed by atoms with Crippen molar-refractivity contribution in [2.24, 2.45) is 0 Å². The van der Waals surface area contributed by atoms with Crippen molar-refractivity contribution in [3.63, 3.8) is 0 Å². The SMILES string of the molecule is O=C(CC1CCCO1)NC1CCS(=O)(=O)C1. The maximum absolute atomic E-state index is 11.6. The Kier molecular flexibility index (Phi) is 3.49. The van der Waals surface area contributed by atoms with Crippen molar-refractivity contribution >= 4 is 15.7 Å². The van der Waals surface area contributed by atoms with Gasteiger partial charge in [-0.2, -0.15) is 0 Å². The molecule has 0 radical (unpaired) electrons. The average Bonchev–Trinajstić information content (AvgIpc) is 2.76. The first-order chi connectivity index (χ1) is 7.55. The van der Waals surface area contributed by atoms with E-state index in [1.807, 2.05) is 0 Å². The van der Waals surface area contributed by atoms with E-state index < -0.39 is 9.84 Å². The van der Waals surface area contributed by atoms with E-state index in [1.54, 1.807) is 0 Å². The molecular weight excluding hydrogens is 230 g/mol. The lowest BCUT2D eigenvalue weighted by Gasteiger charge is -2.13. The van der Waals surface area contributed by atoms with Crippen LogP contribution in [0.3, 0.4) is 0 Å². The number of hydrogen-bond donors (Lipinski definition) is 1. The van der Waals surface area contributed by atoms with Gasteiger partial charge in [0.05, 0.1) is 24.0 Å². The van der Waals surface area contributed by atoms with Crippen molar-refractivity contribution in [3.8, 4) is 0 Å². The van der Waals surface area contributed by atoms with Crippen LogP contribution in [0.15, 0.2) is 0 Å². The number of carbonyl (C=O) groups is 1. The average molecular weight is 247 g/mol. The van der Waals surface area contributed by atoms with Gasteiger partial charge in [-0.15, -0.1) is 0 Å². The van der Waals surface area contributed by atoms with Crippen LogP contribution >= 0.6 is 0 Å². The predicted molar refractivity (Wildman–Crippen MR) is 58.8 cm³/mol. The van der Waals surface area contributed by atoms with Gasteiger partial charge in [-0.1, -0.05) is 0 Å². The summed E-state index contributed by atoms with van der Waals surface area (Å²) < 4.78 is 27.7. The Balaban J connectivity index is 1.75. The third-order valence-corrected chi connectivity index (χ3v) is 4.80. The Hall–Kier alpha value is -0.620. The summed E-state index contributed by atoms with van der Waals surface area (Å²) in [7, 11) is -2.91. The third-order valence-electron chi connectivity index (χ3n) is 3.03. The van der Waals surface area contributed by atoms with Gasteiger partial charge >= 0.3 is 0 Å². The zero-order chi connectivity index (χ0) is 11.6. The zero-order valence-electron chi connectivity index (χ0n) is 9.15. The zero-order valence-corrected chi connectivity index (χ0v) is 9.96. The van der Waals surface area contributed by atoms with Gasteiger partial charge in [0.25, 0.3) is 0 Å². The smallest absolute Gasteiger partial charge is 0.222 e. The van der Waals surface area contributed by atoms with Crippen molar-refractivity contribution in [1.82, 2.24) is 5.32 Å². The van der Waals surface area contributed by atoms with Crippen molar-refractivity contribution in [3.05, 3.63) is 0 Å². The van der Waals surface area contributed by atoms with E-state index in [0.717, 1.165) is 19.4 Å². The molecule has 2 fully saturated rings. The van der Waals surface area contributed by atoms with Gasteiger partial charge in [0.2, 0.25) is 5.91 Å². The Morgan fingerprint density at radius 3 is 2.75 bits per heavy atom. The summed E-state index contributed by atoms with van der Waals surface area (Å²) in [5, 5.41) is 2.76. The third kappa shape index (κ3) is 3.18. The number of amides is 1. The molecule has 0 aromatic heterocycles. The van der Waals surface area contributed by atoms with Gasteiger partial charge in [-0.05, 0) is 19.3 Å². The minimum atomic E-state index is -2.91. The van der Waals surface area contributed by atoms with Crippen LogP contribution in [-0.4, -0.2) is 44.6 Å². The maximum atomic E-state index is 11.6. The van der Waals surface area contributed by atoms with E-state index in [0.29, 0.717) is 12.8 Å². The lowest BCUT2D eigenvalue weighted by atomic mass is 10.1. The molecule has 2 heterocycles. The molecule has 0 bridgehead atoms. The molecule has 0 aromatic carbocycles. The van der Waals surface area contributed by atoms with Crippen molar-refractivity contribution in [2.75, 3.05) is 18.1 Å². The first-order valence-corrected chi connectivity index (χ1v) is 7.49. The summed E-state index contributed by atoms with van der Waals surface area (Å²) >= 11 is 0. The minimum absolute atomic E-state index is 0.0259. The molecule has 16 heavy (non-hydrogen) atoms. The van der Waals surface area contributed by atoms with Gasteiger partial charge in [-0.25, -0.2) is 8.42 Å². The van der Waals surface area contributed by atoms with Crippen LogP contribution in [0.4, 0.5) is 0 Å². The van der Waals surface area contributed by atoms with Gasteiger partial charge in [-0.3, -0.25) is 4.79 Å². The van der Waals surface area contributed by atoms with E-state index >= 15 is 0 Å². The Morgan fingerprint density at radius 1 is 1.38 bits per heavy atom. The topological polar surface area (TPSA) is 72.5 Å². The summed E-state index contributed by atoms with van der Waals surface area (Å²) in [4.78, 5) is 11.6. The summed E-state index contributed by atoms with van der Waals surface area (Å²) in [5.41, 5.74) is 0. The van der Waals surface area contributed by atoms with Crippen LogP contribution < -0.4 is 5.32 Å². The molecular formula is C10H17NO4S. The fourth-order valence-electron chi connectivity index (χ4n) is 2.21. The highest BCUT2D eigenvalue weighted by Gasteiger charge is 2.29. The molecule has 2 atom stereocenters. The molecule has 2 aliphatic rings. The van der Waals surface area contributed by atoms with E-state index in [2.05, 4.69) is 5.32 Å². The molecule has 0 aliphatic carbocycles. The molecule has 1 N–H and O–H groups in total. The van der Waals surface area contributed by atoms with Crippen LogP contribution in [0.5, 0.6) is 0 Å². The summed E-state index contributed by atoms with van der Waals surface area (Å²) in [6.45, 7) is 0.732. The van der Waals surface area contributed by atoms with E-state index in [-0.39, 0.29) is 29.6 Å². The second-order valence-corrected chi connectivity index (χ2v) is 6.74. The van der Waals surface area contributed by atoms with Crippen molar-refractivity contribution in [2.45, 2.75) is 37.8 Å². The molecule has 92 valence electrons. The number of carbonyl (C=O) groups excluding carboxylic acids is 1. The van der Waals surface area contributed by atoms with Crippen molar-refractivity contribution < 1.29 is 17.9 Å². The number of ether oxygens (including phenoxy) is 1. The molecule has 0 spiro atoms. The fraction of sp³-hybridized carbons (Fsp3) is 0.900. The van der Waals surface area contributed by atoms with Gasteiger partial charge < -0.3 is 10.1 Å². The highest BCUT2D eigenvalue weighted by atomic mass is 32.2. The second kappa shape index (κ2) is 4.71. The fourth-order valence-corrected chi connectivity index (χ4v) is 3.88. The quantitative estimate of drug-likeness (QED) is 0.753. The number of hydrogen-bond acceptors (Lipinski definition) is 4. The van der Waals surface area contributed by atoms with Crippen molar-refractivity contribution in [1.29, 1.82) is 0 Å². The molecule has 1 amide bonds. The Labute approximate surface area is 95.5 Å². The van der Waals surface area contributed by atoms with E-state index in [4.69, 9.17) is 4.74 Å². The van der Waals surface area contributed by atoms with Crippen LogP contribution in [-0.2, 0) is 19.4 Å². The van der Waals surface area contributed by atoms with Crippen LogP contribution in [0.25, 0.3) is 0 Å². The Morgan fingerprint density at radius 2 is 2.19 bits per heavy atom. The standard InChI is InChI=1S/C10H17NO4S/c12-10(6-9-2-1-4-15-9)11-8-3-5-16(13,14)7-8/h8-9H,1-7H2,(H,11,12). The number of nitrogens with one attached hydrogen (secondary N) is 1. The lowest BCUT2D eigenvalue weighted by Crippen LogP contribution is -2.37. The highest BCUT2D eigenvalue weighted by Crippen LogP contribution is 2.16. The van der Waals surface area contributed by atoms with E-state index in [9.17, 15) is 13.2 Å². The Bertz CT molecular complexity index is 359. The predicted octanol–water partition coefficient (Wildman–Crippen LogP) is -0.141. The van der Waals surface area contributed by atoms with Gasteiger partial charge in [0.1, 0.15) is 0 Å². The largest absolute Gasteiger partial charge is 0.378 e. The van der Waals surface area contributed by atoms with E-state index in [1.165, 1.54) is 0 Å². The molecule has 0 saturated carbocycles. The first-order valence-electron chi connectivity index (χ1n) is 5.66. The molecule has 2 unspecified atom stereocenters. The van der Waals surface area contributed by atoms with Gasteiger partial charge in [0, 0.05) is 12.6 Å². The normalized spacial score (nSPS) is 32.8. The van der Waals surface area contributed by atoms with Gasteiger partial charge in [0.15, 0.2) is 9.84 Å². The van der Waals surface area contributed by atoms with Crippen LogP contribution in [0.2, 0.25) is 0 Å². The summed E-state index contributed by atoms with van der Waals surface area (Å²) in [5.74, 6) is 0.191. The molecule has 5 nitrogen and oxygen atoms in total. The molecule has 6 heteroatoms. The lowest BCUT2D eigenvalue weighted by molar-refractivity contribution is -0.123. The molecule has 2 aliphatic heterocycles. The highest BCUT2D eigenvalue weighted by molar-refractivity contribution is 7.91. The monoisotopic (exact) mass is 247 g/mol. The first kappa shape index (κ1) is 11.9. The number of sulfone groups is 1. The van der Waals surface area contributed by atoms with Crippen LogP contribution in [0, 0.1) is 0 Å². The molecule has 0 aromatic rings.